The van der Waals surface area contributed by atoms with Gasteiger partial charge in [-0.15, -0.1) is 0 Å². The van der Waals surface area contributed by atoms with E-state index in [4.69, 9.17) is 0 Å². The van der Waals surface area contributed by atoms with Gasteiger partial charge in [0.25, 0.3) is 0 Å². The maximum Gasteiger partial charge on any atom is 0.486 e. The predicted octanol–water partition coefficient (Wildman–Crippen LogP) is 4.75. The number of pyridine rings is 1. The average molecular weight is 325 g/mol. The van der Waals surface area contributed by atoms with E-state index >= 15 is 0 Å². The van der Waals surface area contributed by atoms with Gasteiger partial charge in [0.2, 0.25) is 0 Å². The number of anilines is 1. The lowest BCUT2D eigenvalue weighted by atomic mass is 10.2. The summed E-state index contributed by atoms with van der Waals surface area (Å²) in [6.45, 7) is 1.98. The third kappa shape index (κ3) is 4.84. The minimum Gasteiger partial charge on any atom is -0.268 e. The molecule has 0 N–H and O–H groups in total. The Morgan fingerprint density at radius 2 is 1.94 bits per heavy atom. The molecular formula is C12H16BrF3N2. The molecule has 102 valence electrons. The van der Waals surface area contributed by atoms with Crippen LogP contribution in [0.4, 0.5) is 19.0 Å². The number of unbranched alkanes of at least 4 members (excludes halogenated alkanes) is 3. The lowest BCUT2D eigenvalue weighted by molar-refractivity contribution is -0.129. The molecule has 0 aromatic carbocycles. The number of aromatic nitrogens is 1. The predicted molar refractivity (Wildman–Crippen MR) is 69.5 cm³/mol. The Morgan fingerprint density at radius 3 is 2.44 bits per heavy atom. The first-order valence-corrected chi connectivity index (χ1v) is 6.70. The van der Waals surface area contributed by atoms with Gasteiger partial charge >= 0.3 is 6.30 Å². The van der Waals surface area contributed by atoms with E-state index in [9.17, 15) is 13.2 Å². The van der Waals surface area contributed by atoms with E-state index in [1.54, 1.807) is 6.07 Å². The zero-order chi connectivity index (χ0) is 13.6. The number of hydrogen-bond donors (Lipinski definition) is 0. The highest BCUT2D eigenvalue weighted by Gasteiger charge is 2.37. The molecule has 1 rings (SSSR count). The van der Waals surface area contributed by atoms with Crippen LogP contribution in [-0.4, -0.2) is 17.8 Å². The van der Waals surface area contributed by atoms with Crippen molar-refractivity contribution in [3.05, 3.63) is 22.8 Å². The molecule has 0 bridgehead atoms. The van der Waals surface area contributed by atoms with Gasteiger partial charge in [-0.25, -0.2) is 4.98 Å². The molecule has 1 aromatic rings. The Bertz CT molecular complexity index is 351. The first-order valence-electron chi connectivity index (χ1n) is 5.91. The summed E-state index contributed by atoms with van der Waals surface area (Å²) in [5, 5.41) is 0. The first kappa shape index (κ1) is 15.3. The molecule has 0 fully saturated rings. The second-order valence-electron chi connectivity index (χ2n) is 4.01. The number of hydrogen-bond acceptors (Lipinski definition) is 2. The van der Waals surface area contributed by atoms with Gasteiger partial charge < -0.3 is 0 Å². The summed E-state index contributed by atoms with van der Waals surface area (Å²) in [5.74, 6) is -0.0535. The normalized spacial score (nSPS) is 11.6. The number of halogens is 4. The van der Waals surface area contributed by atoms with Crippen LogP contribution >= 0.6 is 15.9 Å². The van der Waals surface area contributed by atoms with Crippen molar-refractivity contribution in [1.29, 1.82) is 0 Å². The smallest absolute Gasteiger partial charge is 0.268 e. The van der Waals surface area contributed by atoms with Gasteiger partial charge in [0.1, 0.15) is 5.82 Å². The molecule has 0 aliphatic carbocycles. The Kier molecular flexibility index (Phi) is 5.91. The Hall–Kier alpha value is -0.780. The summed E-state index contributed by atoms with van der Waals surface area (Å²) in [6, 6.07) is 2.94. The molecule has 0 saturated heterocycles. The minimum atomic E-state index is -4.38. The summed E-state index contributed by atoms with van der Waals surface area (Å²) < 4.78 is 39.3. The van der Waals surface area contributed by atoms with Crippen LogP contribution in [0.2, 0.25) is 0 Å². The van der Waals surface area contributed by atoms with Gasteiger partial charge in [0.05, 0.1) is 0 Å². The molecule has 0 saturated carbocycles. The molecule has 18 heavy (non-hydrogen) atoms. The van der Waals surface area contributed by atoms with Crippen LogP contribution < -0.4 is 4.90 Å². The molecule has 0 aliphatic heterocycles. The van der Waals surface area contributed by atoms with Gasteiger partial charge in [-0.3, -0.25) is 4.90 Å². The summed E-state index contributed by atoms with van der Waals surface area (Å²) in [5.41, 5.74) is 0. The van der Waals surface area contributed by atoms with Crippen LogP contribution in [0.25, 0.3) is 0 Å². The summed E-state index contributed by atoms with van der Waals surface area (Å²) in [4.78, 5) is 4.20. The largest absolute Gasteiger partial charge is 0.486 e. The van der Waals surface area contributed by atoms with Crippen molar-refractivity contribution in [2.45, 2.75) is 38.9 Å². The number of rotatable bonds is 6. The highest BCUT2D eigenvalue weighted by atomic mass is 79.9. The van der Waals surface area contributed by atoms with Crippen molar-refractivity contribution in [2.75, 3.05) is 11.4 Å². The third-order valence-electron chi connectivity index (χ3n) is 2.53. The van der Waals surface area contributed by atoms with Gasteiger partial charge in [0, 0.05) is 17.2 Å². The van der Waals surface area contributed by atoms with E-state index in [1.807, 2.05) is 6.92 Å². The molecule has 0 spiro atoms. The van der Waals surface area contributed by atoms with Crippen molar-refractivity contribution < 1.29 is 13.2 Å². The highest BCUT2D eigenvalue weighted by molar-refractivity contribution is 9.10. The van der Waals surface area contributed by atoms with E-state index in [0.717, 1.165) is 19.3 Å². The van der Waals surface area contributed by atoms with Crippen molar-refractivity contribution in [3.8, 4) is 0 Å². The highest BCUT2D eigenvalue weighted by Crippen LogP contribution is 2.28. The fourth-order valence-corrected chi connectivity index (χ4v) is 1.83. The molecule has 6 heteroatoms. The summed E-state index contributed by atoms with van der Waals surface area (Å²) in [6.07, 6.45) is 0.278. The van der Waals surface area contributed by atoms with Crippen LogP contribution in [0.5, 0.6) is 0 Å². The van der Waals surface area contributed by atoms with Crippen LogP contribution in [0, 0.1) is 0 Å². The monoisotopic (exact) mass is 324 g/mol. The van der Waals surface area contributed by atoms with E-state index in [-0.39, 0.29) is 12.4 Å². The summed E-state index contributed by atoms with van der Waals surface area (Å²) >= 11 is 3.16. The molecule has 2 nitrogen and oxygen atoms in total. The number of alkyl halides is 3. The first-order chi connectivity index (χ1) is 8.45. The van der Waals surface area contributed by atoms with Gasteiger partial charge in [-0.2, -0.15) is 13.2 Å². The Balaban J connectivity index is 2.70. The molecule has 1 heterocycles. The van der Waals surface area contributed by atoms with Gasteiger partial charge in [0.15, 0.2) is 0 Å². The topological polar surface area (TPSA) is 16.1 Å². The molecular weight excluding hydrogens is 309 g/mol. The van der Waals surface area contributed by atoms with Crippen LogP contribution in [0.15, 0.2) is 22.8 Å². The van der Waals surface area contributed by atoms with Crippen molar-refractivity contribution in [1.82, 2.24) is 4.98 Å². The summed E-state index contributed by atoms with van der Waals surface area (Å²) in [7, 11) is 0. The second-order valence-corrected chi connectivity index (χ2v) is 4.93. The molecule has 0 amide bonds. The maximum atomic E-state index is 12.9. The number of nitrogens with zero attached hydrogens (tertiary/aromatic N) is 2. The Morgan fingerprint density at radius 1 is 1.22 bits per heavy atom. The zero-order valence-electron chi connectivity index (χ0n) is 10.2. The van der Waals surface area contributed by atoms with E-state index in [2.05, 4.69) is 20.9 Å². The SMILES string of the molecule is CCCCCCN(c1ccc(Br)cn1)C(F)(F)F. The molecule has 0 unspecified atom stereocenters. The second kappa shape index (κ2) is 6.97. The quantitative estimate of drug-likeness (QED) is 0.554. The maximum absolute atomic E-state index is 12.9. The van der Waals surface area contributed by atoms with E-state index in [0.29, 0.717) is 15.8 Å². The van der Waals surface area contributed by atoms with Crippen molar-refractivity contribution in [2.24, 2.45) is 0 Å². The molecule has 1 aromatic heterocycles. The molecule has 0 aliphatic rings. The minimum absolute atomic E-state index is 0.0435. The van der Waals surface area contributed by atoms with Crippen molar-refractivity contribution >= 4 is 21.7 Å². The lowest BCUT2D eigenvalue weighted by Gasteiger charge is -2.25. The van der Waals surface area contributed by atoms with Gasteiger partial charge in [-0.05, 0) is 34.5 Å². The molecule has 0 atom stereocenters. The zero-order valence-corrected chi connectivity index (χ0v) is 11.8. The average Bonchev–Trinajstić information content (AvgIpc) is 2.29. The van der Waals surface area contributed by atoms with Crippen molar-refractivity contribution in [3.63, 3.8) is 0 Å². The third-order valence-corrected chi connectivity index (χ3v) is 3.00. The van der Waals surface area contributed by atoms with Gasteiger partial charge in [-0.1, -0.05) is 26.2 Å². The molecule has 0 radical (unpaired) electrons. The standard InChI is InChI=1S/C12H16BrF3N2/c1-2-3-4-5-8-18(12(14,15)16)11-7-6-10(13)9-17-11/h6-7,9H,2-5,8H2,1H3. The fraction of sp³-hybridized carbons (Fsp3) is 0.583. The van der Waals surface area contributed by atoms with E-state index in [1.165, 1.54) is 12.3 Å². The van der Waals surface area contributed by atoms with Crippen LogP contribution in [-0.2, 0) is 0 Å². The lowest BCUT2D eigenvalue weighted by Crippen LogP contribution is -2.39. The van der Waals surface area contributed by atoms with E-state index < -0.39 is 6.30 Å². The fourth-order valence-electron chi connectivity index (χ4n) is 1.60. The Labute approximate surface area is 113 Å². The van der Waals surface area contributed by atoms with Crippen LogP contribution in [0.3, 0.4) is 0 Å². The van der Waals surface area contributed by atoms with Crippen LogP contribution in [0.1, 0.15) is 32.6 Å².